The summed E-state index contributed by atoms with van der Waals surface area (Å²) in [6, 6.07) is 2.75. The van der Waals surface area contributed by atoms with Crippen LogP contribution in [0.5, 0.6) is 0 Å². The van der Waals surface area contributed by atoms with E-state index in [9.17, 15) is 4.79 Å². The Morgan fingerprint density at radius 2 is 2.23 bits per heavy atom. The number of pyridine rings is 1. The number of rotatable bonds is 2. The minimum Gasteiger partial charge on any atom is -0.465 e. The Bertz CT molecular complexity index is 298. The van der Waals surface area contributed by atoms with Gasteiger partial charge in [0, 0.05) is 6.20 Å². The lowest BCUT2D eigenvalue weighted by atomic mass is 9.85. The Morgan fingerprint density at radius 1 is 1.54 bits per heavy atom. The molecule has 0 amide bonds. The predicted molar refractivity (Wildman–Crippen MR) is 45.4 cm³/mol. The van der Waals surface area contributed by atoms with Crippen LogP contribution in [0.1, 0.15) is 10.4 Å². The SMILES string of the molecule is COC(=O)c1ccc(B(O)O)nc1. The maximum absolute atomic E-state index is 10.9. The first-order chi connectivity index (χ1) is 6.15. The second kappa shape index (κ2) is 4.02. The molecule has 1 heterocycles. The summed E-state index contributed by atoms with van der Waals surface area (Å²) in [6.45, 7) is 0. The van der Waals surface area contributed by atoms with Crippen molar-refractivity contribution in [1.29, 1.82) is 0 Å². The third-order valence-corrected chi connectivity index (χ3v) is 1.47. The van der Waals surface area contributed by atoms with Crippen LogP contribution in [0.15, 0.2) is 18.3 Å². The second-order valence-corrected chi connectivity index (χ2v) is 2.34. The van der Waals surface area contributed by atoms with Gasteiger partial charge in [-0.1, -0.05) is 0 Å². The van der Waals surface area contributed by atoms with E-state index >= 15 is 0 Å². The summed E-state index contributed by atoms with van der Waals surface area (Å²) < 4.78 is 4.43. The lowest BCUT2D eigenvalue weighted by Crippen LogP contribution is -2.32. The fourth-order valence-corrected chi connectivity index (χ4v) is 0.797. The zero-order valence-corrected chi connectivity index (χ0v) is 6.97. The van der Waals surface area contributed by atoms with Gasteiger partial charge >= 0.3 is 13.1 Å². The van der Waals surface area contributed by atoms with Crippen molar-refractivity contribution >= 4 is 18.7 Å². The van der Waals surface area contributed by atoms with Crippen molar-refractivity contribution in [3.63, 3.8) is 0 Å². The fraction of sp³-hybridized carbons (Fsp3) is 0.143. The van der Waals surface area contributed by atoms with Gasteiger partial charge in [0.1, 0.15) is 0 Å². The quantitative estimate of drug-likeness (QED) is 0.430. The largest absolute Gasteiger partial charge is 0.508 e. The van der Waals surface area contributed by atoms with Gasteiger partial charge in [0.25, 0.3) is 0 Å². The second-order valence-electron chi connectivity index (χ2n) is 2.34. The van der Waals surface area contributed by atoms with Crippen LogP contribution in [0.25, 0.3) is 0 Å². The van der Waals surface area contributed by atoms with Gasteiger partial charge in [-0.2, -0.15) is 0 Å². The lowest BCUT2D eigenvalue weighted by molar-refractivity contribution is 0.0600. The van der Waals surface area contributed by atoms with Crippen molar-refractivity contribution in [2.24, 2.45) is 0 Å². The molecular formula is C7H8BNO4. The third kappa shape index (κ3) is 2.27. The van der Waals surface area contributed by atoms with E-state index in [1.54, 1.807) is 0 Å². The topological polar surface area (TPSA) is 79.7 Å². The van der Waals surface area contributed by atoms with Crippen molar-refractivity contribution in [3.05, 3.63) is 23.9 Å². The highest BCUT2D eigenvalue weighted by Gasteiger charge is 2.13. The Morgan fingerprint density at radius 3 is 2.62 bits per heavy atom. The Hall–Kier alpha value is -1.40. The molecule has 0 aliphatic heterocycles. The maximum atomic E-state index is 10.9. The molecule has 68 valence electrons. The molecule has 2 N–H and O–H groups in total. The molecule has 0 saturated heterocycles. The molecule has 0 atom stereocenters. The summed E-state index contributed by atoms with van der Waals surface area (Å²) in [4.78, 5) is 14.6. The molecule has 1 rings (SSSR count). The molecule has 0 saturated carbocycles. The summed E-state index contributed by atoms with van der Waals surface area (Å²) >= 11 is 0. The van der Waals surface area contributed by atoms with E-state index in [-0.39, 0.29) is 11.2 Å². The van der Waals surface area contributed by atoms with Gasteiger partial charge in [-0.05, 0) is 12.1 Å². The molecule has 13 heavy (non-hydrogen) atoms. The van der Waals surface area contributed by atoms with Gasteiger partial charge in [0.05, 0.1) is 18.3 Å². The van der Waals surface area contributed by atoms with Crippen LogP contribution >= 0.6 is 0 Å². The summed E-state index contributed by atoms with van der Waals surface area (Å²) in [5.74, 6) is -0.508. The molecule has 0 bridgehead atoms. The average Bonchev–Trinajstić information content (AvgIpc) is 2.17. The minimum atomic E-state index is -1.62. The van der Waals surface area contributed by atoms with E-state index in [4.69, 9.17) is 10.0 Å². The van der Waals surface area contributed by atoms with Crippen molar-refractivity contribution in [2.45, 2.75) is 0 Å². The fourth-order valence-electron chi connectivity index (χ4n) is 0.797. The first-order valence-corrected chi connectivity index (χ1v) is 3.55. The molecular weight excluding hydrogens is 173 g/mol. The molecule has 0 aliphatic rings. The number of esters is 1. The van der Waals surface area contributed by atoms with Crippen molar-refractivity contribution in [3.8, 4) is 0 Å². The average molecular weight is 181 g/mol. The highest BCUT2D eigenvalue weighted by Crippen LogP contribution is 1.96. The number of hydrogen-bond acceptors (Lipinski definition) is 5. The molecule has 0 fully saturated rings. The molecule has 6 heteroatoms. The van der Waals surface area contributed by atoms with E-state index in [0.29, 0.717) is 0 Å². The monoisotopic (exact) mass is 181 g/mol. The van der Waals surface area contributed by atoms with E-state index < -0.39 is 13.1 Å². The highest BCUT2D eigenvalue weighted by molar-refractivity contribution is 6.57. The molecule has 1 aromatic heterocycles. The Labute approximate surface area is 75.1 Å². The summed E-state index contributed by atoms with van der Waals surface area (Å²) in [5, 5.41) is 17.4. The van der Waals surface area contributed by atoms with Crippen LogP contribution in [0.3, 0.4) is 0 Å². The molecule has 0 radical (unpaired) electrons. The zero-order valence-electron chi connectivity index (χ0n) is 6.97. The number of methoxy groups -OCH3 is 1. The summed E-state index contributed by atoms with van der Waals surface area (Å²) in [7, 11) is -0.358. The number of carbonyl (C=O) groups is 1. The smallest absolute Gasteiger partial charge is 0.465 e. The van der Waals surface area contributed by atoms with Crippen LogP contribution in [0, 0.1) is 0 Å². The summed E-state index contributed by atoms with van der Waals surface area (Å²) in [5.41, 5.74) is 0.361. The van der Waals surface area contributed by atoms with Gasteiger partial charge < -0.3 is 14.8 Å². The van der Waals surface area contributed by atoms with E-state index in [0.717, 1.165) is 0 Å². The highest BCUT2D eigenvalue weighted by atomic mass is 16.5. The lowest BCUT2D eigenvalue weighted by Gasteiger charge is -2.00. The van der Waals surface area contributed by atoms with E-state index in [1.807, 2.05) is 0 Å². The first-order valence-electron chi connectivity index (χ1n) is 3.55. The molecule has 5 nitrogen and oxygen atoms in total. The third-order valence-electron chi connectivity index (χ3n) is 1.47. The number of hydrogen-bond donors (Lipinski definition) is 2. The Kier molecular flexibility index (Phi) is 3.00. The van der Waals surface area contributed by atoms with E-state index in [1.165, 1.54) is 25.4 Å². The number of aromatic nitrogens is 1. The van der Waals surface area contributed by atoms with Gasteiger partial charge in [-0.3, -0.25) is 4.98 Å². The van der Waals surface area contributed by atoms with Gasteiger partial charge in [0.15, 0.2) is 0 Å². The van der Waals surface area contributed by atoms with Crippen molar-refractivity contribution in [1.82, 2.24) is 4.98 Å². The normalized spacial score (nSPS) is 9.46. The molecule has 1 aromatic rings. The molecule has 0 aliphatic carbocycles. The summed E-state index contributed by atoms with van der Waals surface area (Å²) in [6.07, 6.45) is 1.22. The first kappa shape index (κ1) is 9.69. The van der Waals surface area contributed by atoms with Crippen LogP contribution < -0.4 is 5.59 Å². The maximum Gasteiger partial charge on any atom is 0.508 e. The zero-order chi connectivity index (χ0) is 9.84. The van der Waals surface area contributed by atoms with Gasteiger partial charge in [0.2, 0.25) is 0 Å². The van der Waals surface area contributed by atoms with E-state index in [2.05, 4.69) is 9.72 Å². The standard InChI is InChI=1S/C7H8BNO4/c1-13-7(10)5-2-3-6(8(11)12)9-4-5/h2-4,11-12H,1H3. The Balaban J connectivity index is 2.87. The minimum absolute atomic E-state index is 0.0904. The number of ether oxygens (including phenoxy) is 1. The molecule has 0 spiro atoms. The number of carbonyl (C=O) groups excluding carboxylic acids is 1. The van der Waals surface area contributed by atoms with Crippen LogP contribution in [0.4, 0.5) is 0 Å². The molecule has 0 unspecified atom stereocenters. The van der Waals surface area contributed by atoms with Crippen molar-refractivity contribution in [2.75, 3.05) is 7.11 Å². The predicted octanol–water partition coefficient (Wildman–Crippen LogP) is -1.45. The number of nitrogens with zero attached hydrogens (tertiary/aromatic N) is 1. The van der Waals surface area contributed by atoms with Crippen LogP contribution in [-0.4, -0.2) is 35.2 Å². The van der Waals surface area contributed by atoms with Crippen LogP contribution in [0.2, 0.25) is 0 Å². The van der Waals surface area contributed by atoms with Crippen molar-refractivity contribution < 1.29 is 19.6 Å². The van der Waals surface area contributed by atoms with Crippen LogP contribution in [-0.2, 0) is 4.74 Å². The molecule has 0 aromatic carbocycles. The van der Waals surface area contributed by atoms with Gasteiger partial charge in [-0.25, -0.2) is 4.79 Å². The van der Waals surface area contributed by atoms with Gasteiger partial charge in [-0.15, -0.1) is 0 Å².